The van der Waals surface area contributed by atoms with Gasteiger partial charge in [-0.3, -0.25) is 19.5 Å². The SMILES string of the molecule is CN(Cc1ccc(Br)cc1)C(=O)Cn1[nH]c(=O)c2ccccc2c1=O. The van der Waals surface area contributed by atoms with E-state index in [-0.39, 0.29) is 18.0 Å². The molecular formula is C18H16BrN3O3. The van der Waals surface area contributed by atoms with Crippen molar-refractivity contribution in [2.45, 2.75) is 13.1 Å². The summed E-state index contributed by atoms with van der Waals surface area (Å²) in [4.78, 5) is 38.5. The molecule has 1 N–H and O–H groups in total. The van der Waals surface area contributed by atoms with Crippen LogP contribution in [-0.2, 0) is 17.9 Å². The summed E-state index contributed by atoms with van der Waals surface area (Å²) < 4.78 is 2.02. The van der Waals surface area contributed by atoms with Gasteiger partial charge in [0.1, 0.15) is 6.54 Å². The van der Waals surface area contributed by atoms with Gasteiger partial charge < -0.3 is 4.90 Å². The molecule has 0 saturated carbocycles. The normalized spacial score (nSPS) is 10.8. The molecule has 0 aliphatic carbocycles. The molecule has 0 saturated heterocycles. The minimum absolute atomic E-state index is 0.216. The van der Waals surface area contributed by atoms with E-state index in [1.165, 1.54) is 4.90 Å². The number of carbonyl (C=O) groups excluding carboxylic acids is 1. The summed E-state index contributed by atoms with van der Waals surface area (Å²) in [7, 11) is 1.66. The fraction of sp³-hybridized carbons (Fsp3) is 0.167. The lowest BCUT2D eigenvalue weighted by molar-refractivity contribution is -0.131. The van der Waals surface area contributed by atoms with Gasteiger partial charge in [0.25, 0.3) is 11.1 Å². The first kappa shape index (κ1) is 17.2. The molecule has 3 rings (SSSR count). The number of aromatic nitrogens is 2. The highest BCUT2D eigenvalue weighted by Crippen LogP contribution is 2.12. The first-order valence-electron chi connectivity index (χ1n) is 7.66. The van der Waals surface area contributed by atoms with E-state index in [0.29, 0.717) is 17.3 Å². The number of amides is 1. The summed E-state index contributed by atoms with van der Waals surface area (Å²) in [5.41, 5.74) is 0.192. The van der Waals surface area contributed by atoms with E-state index in [2.05, 4.69) is 21.0 Å². The number of rotatable bonds is 4. The molecule has 6 nitrogen and oxygen atoms in total. The van der Waals surface area contributed by atoms with Crippen molar-refractivity contribution >= 4 is 32.6 Å². The quantitative estimate of drug-likeness (QED) is 0.727. The van der Waals surface area contributed by atoms with Gasteiger partial charge in [0, 0.05) is 18.1 Å². The third-order valence-electron chi connectivity index (χ3n) is 3.94. The topological polar surface area (TPSA) is 75.2 Å². The predicted molar refractivity (Wildman–Crippen MR) is 99.4 cm³/mol. The van der Waals surface area contributed by atoms with E-state index in [9.17, 15) is 14.4 Å². The van der Waals surface area contributed by atoms with Crippen molar-refractivity contribution in [1.82, 2.24) is 14.7 Å². The van der Waals surface area contributed by atoms with Crippen molar-refractivity contribution < 1.29 is 4.79 Å². The Hall–Kier alpha value is -2.67. The Kier molecular flexibility index (Phi) is 4.85. The number of carbonyl (C=O) groups is 1. The Morgan fingerprint density at radius 1 is 1.08 bits per heavy atom. The van der Waals surface area contributed by atoms with Gasteiger partial charge in [-0.25, -0.2) is 4.68 Å². The fourth-order valence-corrected chi connectivity index (χ4v) is 2.83. The second-order valence-electron chi connectivity index (χ2n) is 5.75. The smallest absolute Gasteiger partial charge is 0.273 e. The van der Waals surface area contributed by atoms with Gasteiger partial charge in [-0.15, -0.1) is 0 Å². The molecule has 2 aromatic carbocycles. The molecule has 0 aliphatic rings. The number of nitrogens with one attached hydrogen (secondary N) is 1. The molecule has 3 aromatic rings. The van der Waals surface area contributed by atoms with Crippen LogP contribution in [0, 0.1) is 0 Å². The van der Waals surface area contributed by atoms with E-state index < -0.39 is 5.56 Å². The number of nitrogens with zero attached hydrogens (tertiary/aromatic N) is 2. The molecule has 0 atom stereocenters. The van der Waals surface area contributed by atoms with Crippen molar-refractivity contribution in [3.63, 3.8) is 0 Å². The van der Waals surface area contributed by atoms with Crippen LogP contribution in [0.1, 0.15) is 5.56 Å². The highest BCUT2D eigenvalue weighted by molar-refractivity contribution is 9.10. The van der Waals surface area contributed by atoms with Crippen LogP contribution in [0.2, 0.25) is 0 Å². The van der Waals surface area contributed by atoms with Crippen molar-refractivity contribution in [1.29, 1.82) is 0 Å². The van der Waals surface area contributed by atoms with Crippen LogP contribution < -0.4 is 11.1 Å². The minimum atomic E-state index is -0.390. The molecule has 0 aliphatic heterocycles. The number of hydrogen-bond donors (Lipinski definition) is 1. The number of H-pyrrole nitrogens is 1. The van der Waals surface area contributed by atoms with Gasteiger partial charge in [0.2, 0.25) is 5.91 Å². The lowest BCUT2D eigenvalue weighted by Gasteiger charge is -2.18. The molecule has 128 valence electrons. The number of benzene rings is 2. The molecule has 1 heterocycles. The van der Waals surface area contributed by atoms with Gasteiger partial charge in [0.15, 0.2) is 0 Å². The lowest BCUT2D eigenvalue weighted by Crippen LogP contribution is -2.37. The molecule has 0 spiro atoms. The second-order valence-corrected chi connectivity index (χ2v) is 6.67. The Labute approximate surface area is 151 Å². The molecular weight excluding hydrogens is 386 g/mol. The summed E-state index contributed by atoms with van der Waals surface area (Å²) in [5, 5.41) is 3.09. The summed E-state index contributed by atoms with van der Waals surface area (Å²) in [6.45, 7) is 0.199. The van der Waals surface area contributed by atoms with E-state index in [0.717, 1.165) is 14.7 Å². The molecule has 1 aromatic heterocycles. The van der Waals surface area contributed by atoms with Crippen LogP contribution in [0.3, 0.4) is 0 Å². The molecule has 0 radical (unpaired) electrons. The van der Waals surface area contributed by atoms with Crippen LogP contribution in [0.5, 0.6) is 0 Å². The Morgan fingerprint density at radius 3 is 2.40 bits per heavy atom. The maximum atomic E-state index is 12.5. The monoisotopic (exact) mass is 401 g/mol. The predicted octanol–water partition coefficient (Wildman–Crippen LogP) is 2.11. The van der Waals surface area contributed by atoms with Crippen LogP contribution in [-0.4, -0.2) is 27.6 Å². The highest BCUT2D eigenvalue weighted by atomic mass is 79.9. The van der Waals surface area contributed by atoms with Crippen molar-refractivity contribution in [3.05, 3.63) is 79.3 Å². The zero-order valence-corrected chi connectivity index (χ0v) is 15.1. The average Bonchev–Trinajstić information content (AvgIpc) is 2.61. The summed E-state index contributed by atoms with van der Waals surface area (Å²) >= 11 is 3.37. The largest absolute Gasteiger partial charge is 0.340 e. The first-order valence-corrected chi connectivity index (χ1v) is 8.45. The summed E-state index contributed by atoms with van der Waals surface area (Å²) in [6.07, 6.45) is 0. The number of likely N-dealkylation sites (N-methyl/N-ethyl adjacent to an activating group) is 1. The van der Waals surface area contributed by atoms with Gasteiger partial charge in [-0.2, -0.15) is 0 Å². The molecule has 7 heteroatoms. The van der Waals surface area contributed by atoms with Gasteiger partial charge in [0.05, 0.1) is 10.8 Å². The molecule has 0 bridgehead atoms. The average molecular weight is 402 g/mol. The third kappa shape index (κ3) is 3.71. The maximum Gasteiger partial charge on any atom is 0.273 e. The van der Waals surface area contributed by atoms with Crippen LogP contribution in [0.15, 0.2) is 62.6 Å². The third-order valence-corrected chi connectivity index (χ3v) is 4.46. The number of aromatic amines is 1. The number of fused-ring (bicyclic) bond motifs is 1. The van der Waals surface area contributed by atoms with Gasteiger partial charge in [-0.1, -0.05) is 40.2 Å². The molecule has 1 amide bonds. The summed E-state index contributed by atoms with van der Waals surface area (Å²) in [5.74, 6) is -0.268. The fourth-order valence-electron chi connectivity index (χ4n) is 2.57. The molecule has 0 fully saturated rings. The Bertz CT molecular complexity index is 1040. The van der Waals surface area contributed by atoms with Crippen LogP contribution in [0.25, 0.3) is 10.8 Å². The van der Waals surface area contributed by atoms with Gasteiger partial charge >= 0.3 is 0 Å². The number of halogens is 1. The summed E-state index contributed by atoms with van der Waals surface area (Å²) in [6, 6.07) is 14.2. The zero-order chi connectivity index (χ0) is 18.0. The maximum absolute atomic E-state index is 12.5. The zero-order valence-electron chi connectivity index (χ0n) is 13.5. The van der Waals surface area contributed by atoms with Gasteiger partial charge in [-0.05, 0) is 29.8 Å². The molecule has 25 heavy (non-hydrogen) atoms. The first-order chi connectivity index (χ1) is 12.0. The van der Waals surface area contributed by atoms with E-state index in [1.54, 1.807) is 31.3 Å². The Balaban J connectivity index is 1.82. The molecule has 0 unspecified atom stereocenters. The highest BCUT2D eigenvalue weighted by Gasteiger charge is 2.13. The van der Waals surface area contributed by atoms with Crippen LogP contribution in [0.4, 0.5) is 0 Å². The van der Waals surface area contributed by atoms with E-state index >= 15 is 0 Å². The van der Waals surface area contributed by atoms with Crippen LogP contribution >= 0.6 is 15.9 Å². The second kappa shape index (κ2) is 7.06. The van der Waals surface area contributed by atoms with Crippen molar-refractivity contribution in [3.8, 4) is 0 Å². The standard InChI is InChI=1S/C18H16BrN3O3/c1-21(10-12-6-8-13(19)9-7-12)16(23)11-22-18(25)15-5-3-2-4-14(15)17(24)20-22/h2-9H,10-11H2,1H3,(H,20,24). The number of hydrogen-bond acceptors (Lipinski definition) is 3. The minimum Gasteiger partial charge on any atom is -0.340 e. The lowest BCUT2D eigenvalue weighted by atomic mass is 10.2. The van der Waals surface area contributed by atoms with E-state index in [4.69, 9.17) is 0 Å². The van der Waals surface area contributed by atoms with E-state index in [1.807, 2.05) is 24.3 Å². The van der Waals surface area contributed by atoms with Crippen molar-refractivity contribution in [2.24, 2.45) is 0 Å². The Morgan fingerprint density at radius 2 is 1.72 bits per heavy atom. The van der Waals surface area contributed by atoms with Crippen molar-refractivity contribution in [2.75, 3.05) is 7.05 Å².